The maximum absolute atomic E-state index is 12.6. The smallest absolute Gasteiger partial charge is 0.325 e. The molecule has 0 spiro atoms. The van der Waals surface area contributed by atoms with E-state index in [1.165, 1.54) is 6.92 Å². The topological polar surface area (TPSA) is 75.6 Å². The fourth-order valence-electron chi connectivity index (χ4n) is 2.93. The van der Waals surface area contributed by atoms with Gasteiger partial charge in [0.05, 0.1) is 12.5 Å². The maximum atomic E-state index is 12.6. The van der Waals surface area contributed by atoms with Crippen LogP contribution in [-0.4, -0.2) is 30.1 Å². The van der Waals surface area contributed by atoms with Crippen molar-refractivity contribution in [3.8, 4) is 5.75 Å². The third-order valence-electron chi connectivity index (χ3n) is 4.25. The van der Waals surface area contributed by atoms with Crippen LogP contribution in [0.3, 0.4) is 0 Å². The van der Waals surface area contributed by atoms with E-state index in [0.717, 1.165) is 37.0 Å². The molecule has 1 amide bonds. The van der Waals surface area contributed by atoms with E-state index in [9.17, 15) is 9.59 Å². The number of nitrogens with one attached hydrogen (secondary N) is 1. The van der Waals surface area contributed by atoms with Gasteiger partial charge in [0.25, 0.3) is 0 Å². The van der Waals surface area contributed by atoms with Gasteiger partial charge in [0, 0.05) is 0 Å². The predicted octanol–water partition coefficient (Wildman–Crippen LogP) is 2.10. The van der Waals surface area contributed by atoms with Gasteiger partial charge in [0.2, 0.25) is 5.91 Å². The minimum Gasteiger partial charge on any atom is -0.497 e. The number of carboxylic acids is 1. The molecule has 1 aromatic carbocycles. The molecule has 1 aliphatic carbocycles. The van der Waals surface area contributed by atoms with Crippen LogP contribution in [0.15, 0.2) is 24.3 Å². The quantitative estimate of drug-likeness (QED) is 0.871. The van der Waals surface area contributed by atoms with E-state index in [-0.39, 0.29) is 5.91 Å². The Morgan fingerprint density at radius 3 is 2.29 bits per heavy atom. The van der Waals surface area contributed by atoms with Crippen molar-refractivity contribution in [3.05, 3.63) is 29.8 Å². The highest BCUT2D eigenvalue weighted by Gasteiger charge is 2.43. The van der Waals surface area contributed by atoms with E-state index < -0.39 is 17.4 Å². The van der Waals surface area contributed by atoms with Crippen molar-refractivity contribution in [2.24, 2.45) is 0 Å². The van der Waals surface area contributed by atoms with Crippen molar-refractivity contribution in [2.75, 3.05) is 7.11 Å². The van der Waals surface area contributed by atoms with Gasteiger partial charge in [-0.05, 0) is 37.5 Å². The molecule has 0 saturated heterocycles. The van der Waals surface area contributed by atoms with Gasteiger partial charge in [-0.1, -0.05) is 25.0 Å². The Hall–Kier alpha value is -2.04. The van der Waals surface area contributed by atoms with Crippen LogP contribution < -0.4 is 10.1 Å². The lowest BCUT2D eigenvalue weighted by Crippen LogP contribution is -2.48. The average molecular weight is 291 g/mol. The molecule has 2 N–H and O–H groups in total. The average Bonchev–Trinajstić information content (AvgIpc) is 2.98. The minimum atomic E-state index is -1.02. The lowest BCUT2D eigenvalue weighted by Gasteiger charge is -2.29. The molecule has 1 unspecified atom stereocenters. The minimum absolute atomic E-state index is 0.194. The fourth-order valence-corrected chi connectivity index (χ4v) is 2.93. The number of ether oxygens (including phenoxy) is 1. The highest BCUT2D eigenvalue weighted by molar-refractivity contribution is 5.91. The van der Waals surface area contributed by atoms with Crippen molar-refractivity contribution in [3.63, 3.8) is 0 Å². The summed E-state index contributed by atoms with van der Waals surface area (Å²) in [5.41, 5.74) is 0.312. The molecule has 1 atom stereocenters. The molecule has 1 saturated carbocycles. The van der Waals surface area contributed by atoms with Crippen LogP contribution in [0.2, 0.25) is 0 Å². The monoisotopic (exact) mass is 291 g/mol. The van der Waals surface area contributed by atoms with Crippen LogP contribution >= 0.6 is 0 Å². The molecule has 0 aliphatic heterocycles. The molecule has 114 valence electrons. The number of hydrogen-bond acceptors (Lipinski definition) is 3. The highest BCUT2D eigenvalue weighted by Crippen LogP contribution is 2.41. The third-order valence-corrected chi connectivity index (χ3v) is 4.25. The van der Waals surface area contributed by atoms with E-state index in [4.69, 9.17) is 9.84 Å². The number of rotatable bonds is 5. The summed E-state index contributed by atoms with van der Waals surface area (Å²) in [5.74, 6) is -0.475. The van der Waals surface area contributed by atoms with Gasteiger partial charge in [0.1, 0.15) is 11.8 Å². The fraction of sp³-hybridized carbons (Fsp3) is 0.500. The van der Waals surface area contributed by atoms with Crippen molar-refractivity contribution in [2.45, 2.75) is 44.1 Å². The lowest BCUT2D eigenvalue weighted by atomic mass is 9.78. The number of hydrogen-bond donors (Lipinski definition) is 2. The molecule has 1 aliphatic rings. The SMILES string of the molecule is COc1ccc(C2(C(=O)NC(C)C(=O)O)CCCC2)cc1. The lowest BCUT2D eigenvalue weighted by molar-refractivity contribution is -0.142. The second-order valence-electron chi connectivity index (χ2n) is 5.55. The molecular weight excluding hydrogens is 270 g/mol. The van der Waals surface area contributed by atoms with E-state index in [1.54, 1.807) is 7.11 Å². The zero-order valence-corrected chi connectivity index (χ0v) is 12.4. The molecule has 0 aromatic heterocycles. The van der Waals surface area contributed by atoms with E-state index in [1.807, 2.05) is 24.3 Å². The Balaban J connectivity index is 2.27. The Labute approximate surface area is 124 Å². The van der Waals surface area contributed by atoms with Crippen LogP contribution in [0.4, 0.5) is 0 Å². The summed E-state index contributed by atoms with van der Waals surface area (Å²) in [6, 6.07) is 6.59. The summed E-state index contributed by atoms with van der Waals surface area (Å²) in [4.78, 5) is 23.6. The van der Waals surface area contributed by atoms with Gasteiger partial charge >= 0.3 is 5.97 Å². The number of benzene rings is 1. The van der Waals surface area contributed by atoms with Gasteiger partial charge in [-0.3, -0.25) is 9.59 Å². The second kappa shape index (κ2) is 6.16. The Morgan fingerprint density at radius 2 is 1.81 bits per heavy atom. The molecule has 2 rings (SSSR count). The summed E-state index contributed by atoms with van der Waals surface area (Å²) in [7, 11) is 1.60. The van der Waals surface area contributed by atoms with Crippen molar-refractivity contribution in [1.82, 2.24) is 5.32 Å². The molecule has 0 radical (unpaired) electrons. The standard InChI is InChI=1S/C16H21NO4/c1-11(14(18)19)17-15(20)16(9-3-4-10-16)12-5-7-13(21-2)8-6-12/h5-8,11H,3-4,9-10H2,1-2H3,(H,17,20)(H,18,19). The molecule has 5 nitrogen and oxygen atoms in total. The molecule has 1 fully saturated rings. The first-order chi connectivity index (χ1) is 9.99. The molecule has 5 heteroatoms. The van der Waals surface area contributed by atoms with Crippen LogP contribution in [0.1, 0.15) is 38.2 Å². The van der Waals surface area contributed by atoms with E-state index in [2.05, 4.69) is 5.32 Å². The number of methoxy groups -OCH3 is 1. The largest absolute Gasteiger partial charge is 0.497 e. The van der Waals surface area contributed by atoms with Crippen molar-refractivity contribution >= 4 is 11.9 Å². The van der Waals surface area contributed by atoms with Crippen molar-refractivity contribution < 1.29 is 19.4 Å². The number of amides is 1. The van der Waals surface area contributed by atoms with Gasteiger partial charge in [-0.15, -0.1) is 0 Å². The van der Waals surface area contributed by atoms with Gasteiger partial charge in [-0.2, -0.15) is 0 Å². The summed E-state index contributed by atoms with van der Waals surface area (Å²) in [6.45, 7) is 1.48. The number of carbonyl (C=O) groups is 2. The summed E-state index contributed by atoms with van der Waals surface area (Å²) in [5, 5.41) is 11.6. The first kappa shape index (κ1) is 15.4. The normalized spacial score (nSPS) is 18.0. The maximum Gasteiger partial charge on any atom is 0.325 e. The molecule has 0 heterocycles. The first-order valence-electron chi connectivity index (χ1n) is 7.18. The van der Waals surface area contributed by atoms with Gasteiger partial charge in [-0.25, -0.2) is 0 Å². The zero-order chi connectivity index (χ0) is 15.5. The van der Waals surface area contributed by atoms with Crippen LogP contribution in [-0.2, 0) is 15.0 Å². The highest BCUT2D eigenvalue weighted by atomic mass is 16.5. The van der Waals surface area contributed by atoms with E-state index >= 15 is 0 Å². The molecule has 21 heavy (non-hydrogen) atoms. The Morgan fingerprint density at radius 1 is 1.24 bits per heavy atom. The molecular formula is C16H21NO4. The number of carbonyl (C=O) groups excluding carboxylic acids is 1. The second-order valence-corrected chi connectivity index (χ2v) is 5.55. The third kappa shape index (κ3) is 3.01. The summed E-state index contributed by atoms with van der Waals surface area (Å²) >= 11 is 0. The first-order valence-corrected chi connectivity index (χ1v) is 7.18. The Kier molecular flexibility index (Phi) is 4.50. The van der Waals surface area contributed by atoms with Gasteiger partial charge in [0.15, 0.2) is 0 Å². The summed E-state index contributed by atoms with van der Waals surface area (Å²) in [6.07, 6.45) is 3.44. The molecule has 1 aromatic rings. The molecule has 0 bridgehead atoms. The van der Waals surface area contributed by atoms with E-state index in [0.29, 0.717) is 0 Å². The zero-order valence-electron chi connectivity index (χ0n) is 12.4. The van der Waals surface area contributed by atoms with Crippen LogP contribution in [0.25, 0.3) is 0 Å². The number of carboxylic acid groups (broad SMARTS) is 1. The van der Waals surface area contributed by atoms with Crippen LogP contribution in [0, 0.1) is 0 Å². The number of aliphatic carboxylic acids is 1. The van der Waals surface area contributed by atoms with Crippen LogP contribution in [0.5, 0.6) is 5.75 Å². The summed E-state index contributed by atoms with van der Waals surface area (Å²) < 4.78 is 5.14. The predicted molar refractivity (Wildman–Crippen MR) is 78.4 cm³/mol. The Bertz CT molecular complexity index is 518. The van der Waals surface area contributed by atoms with Crippen molar-refractivity contribution in [1.29, 1.82) is 0 Å². The van der Waals surface area contributed by atoms with Gasteiger partial charge < -0.3 is 15.2 Å².